The highest BCUT2D eigenvalue weighted by Gasteiger charge is 2.34. The Morgan fingerprint density at radius 1 is 1.11 bits per heavy atom. The van der Waals surface area contributed by atoms with Crippen molar-refractivity contribution in [2.45, 2.75) is 57.5 Å². The van der Waals surface area contributed by atoms with Gasteiger partial charge in [0.05, 0.1) is 0 Å². The van der Waals surface area contributed by atoms with E-state index in [-0.39, 0.29) is 5.60 Å². The van der Waals surface area contributed by atoms with E-state index in [0.29, 0.717) is 0 Å². The SMILES string of the molecule is CNc1nc(C2(C)CCCCO2)nc2c1CCCC2. The number of aryl methyl sites for hydroxylation is 1. The number of fused-ring (bicyclic) bond motifs is 1. The molecule has 1 saturated heterocycles. The lowest BCUT2D eigenvalue weighted by Crippen LogP contribution is -2.33. The zero-order valence-electron chi connectivity index (χ0n) is 12.0. The first-order valence-electron chi connectivity index (χ1n) is 7.45. The van der Waals surface area contributed by atoms with E-state index in [0.717, 1.165) is 43.9 Å². The van der Waals surface area contributed by atoms with Gasteiger partial charge in [-0.05, 0) is 51.9 Å². The second-order valence-corrected chi connectivity index (χ2v) is 5.81. The van der Waals surface area contributed by atoms with Crippen LogP contribution in [0.4, 0.5) is 5.82 Å². The maximum absolute atomic E-state index is 5.99. The number of rotatable bonds is 2. The van der Waals surface area contributed by atoms with Crippen LogP contribution in [0.15, 0.2) is 0 Å². The maximum Gasteiger partial charge on any atom is 0.162 e. The van der Waals surface area contributed by atoms with E-state index in [1.54, 1.807) is 0 Å². The Labute approximate surface area is 115 Å². The van der Waals surface area contributed by atoms with Gasteiger partial charge in [-0.15, -0.1) is 0 Å². The molecule has 2 aliphatic rings. The van der Waals surface area contributed by atoms with E-state index in [9.17, 15) is 0 Å². The monoisotopic (exact) mass is 261 g/mol. The molecule has 0 radical (unpaired) electrons. The predicted octanol–water partition coefficient (Wildman–Crippen LogP) is 2.81. The van der Waals surface area contributed by atoms with Crippen LogP contribution in [0.1, 0.15) is 56.1 Å². The first-order chi connectivity index (χ1) is 9.23. The Morgan fingerprint density at radius 2 is 1.95 bits per heavy atom. The molecule has 1 aromatic heterocycles. The topological polar surface area (TPSA) is 47.0 Å². The standard InChI is InChI=1S/C15H23N3O/c1-15(9-5-6-10-19-15)14-17-12-8-4-3-7-11(12)13(16-2)18-14/h3-10H2,1-2H3,(H,16,17,18). The Bertz CT molecular complexity index is 449. The van der Waals surface area contributed by atoms with Crippen molar-refractivity contribution in [2.75, 3.05) is 19.0 Å². The van der Waals surface area contributed by atoms with Crippen molar-refractivity contribution in [3.63, 3.8) is 0 Å². The van der Waals surface area contributed by atoms with Crippen molar-refractivity contribution in [3.05, 3.63) is 17.1 Å². The van der Waals surface area contributed by atoms with Gasteiger partial charge < -0.3 is 10.1 Å². The lowest BCUT2D eigenvalue weighted by Gasteiger charge is -2.33. The second kappa shape index (κ2) is 5.08. The number of anilines is 1. The van der Waals surface area contributed by atoms with E-state index in [1.807, 2.05) is 7.05 Å². The molecule has 4 nitrogen and oxygen atoms in total. The number of nitrogens with zero attached hydrogens (tertiary/aromatic N) is 2. The van der Waals surface area contributed by atoms with Gasteiger partial charge in [0.15, 0.2) is 5.82 Å². The fourth-order valence-electron chi connectivity index (χ4n) is 3.15. The molecule has 1 aliphatic heterocycles. The molecule has 19 heavy (non-hydrogen) atoms. The molecule has 0 saturated carbocycles. The Kier molecular flexibility index (Phi) is 3.44. The summed E-state index contributed by atoms with van der Waals surface area (Å²) in [4.78, 5) is 9.59. The number of nitrogens with one attached hydrogen (secondary N) is 1. The number of aromatic nitrogens is 2. The molecule has 0 bridgehead atoms. The Hall–Kier alpha value is -1.16. The third kappa shape index (κ3) is 2.34. The van der Waals surface area contributed by atoms with Crippen LogP contribution in [-0.2, 0) is 23.2 Å². The van der Waals surface area contributed by atoms with Crippen LogP contribution < -0.4 is 5.32 Å². The van der Waals surface area contributed by atoms with Crippen molar-refractivity contribution in [1.82, 2.24) is 9.97 Å². The molecule has 1 unspecified atom stereocenters. The fraction of sp³-hybridized carbons (Fsp3) is 0.733. The van der Waals surface area contributed by atoms with Gasteiger partial charge in [-0.3, -0.25) is 0 Å². The fourth-order valence-corrected chi connectivity index (χ4v) is 3.15. The summed E-state index contributed by atoms with van der Waals surface area (Å²) in [5, 5.41) is 3.25. The zero-order valence-corrected chi connectivity index (χ0v) is 12.0. The molecule has 1 aromatic rings. The number of hydrogen-bond donors (Lipinski definition) is 1. The Morgan fingerprint density at radius 3 is 2.68 bits per heavy atom. The van der Waals surface area contributed by atoms with Crippen molar-refractivity contribution >= 4 is 5.82 Å². The predicted molar refractivity (Wildman–Crippen MR) is 75.4 cm³/mol. The van der Waals surface area contributed by atoms with Gasteiger partial charge in [-0.2, -0.15) is 0 Å². The summed E-state index contributed by atoms with van der Waals surface area (Å²) in [6, 6.07) is 0. The van der Waals surface area contributed by atoms with Crippen LogP contribution in [0, 0.1) is 0 Å². The van der Waals surface area contributed by atoms with E-state index in [2.05, 4.69) is 12.2 Å². The van der Waals surface area contributed by atoms with E-state index in [1.165, 1.54) is 30.5 Å². The summed E-state index contributed by atoms with van der Waals surface area (Å²) < 4.78 is 5.99. The van der Waals surface area contributed by atoms with Crippen molar-refractivity contribution in [1.29, 1.82) is 0 Å². The normalized spacial score (nSPS) is 26.8. The molecule has 2 heterocycles. The molecule has 1 N–H and O–H groups in total. The highest BCUT2D eigenvalue weighted by Crippen LogP contribution is 2.35. The van der Waals surface area contributed by atoms with Crippen LogP contribution >= 0.6 is 0 Å². The van der Waals surface area contributed by atoms with Gasteiger partial charge in [0.25, 0.3) is 0 Å². The first-order valence-corrected chi connectivity index (χ1v) is 7.45. The van der Waals surface area contributed by atoms with Gasteiger partial charge in [0.2, 0.25) is 0 Å². The number of hydrogen-bond acceptors (Lipinski definition) is 4. The van der Waals surface area contributed by atoms with Crippen molar-refractivity contribution in [2.24, 2.45) is 0 Å². The van der Waals surface area contributed by atoms with Crippen molar-refractivity contribution < 1.29 is 4.74 Å². The molecule has 3 rings (SSSR count). The van der Waals surface area contributed by atoms with E-state index >= 15 is 0 Å². The quantitative estimate of drug-likeness (QED) is 0.889. The minimum atomic E-state index is -0.295. The summed E-state index contributed by atoms with van der Waals surface area (Å²) in [5.41, 5.74) is 2.25. The molecular weight excluding hydrogens is 238 g/mol. The summed E-state index contributed by atoms with van der Waals surface area (Å²) in [7, 11) is 1.95. The smallest absolute Gasteiger partial charge is 0.162 e. The maximum atomic E-state index is 5.99. The van der Waals surface area contributed by atoms with E-state index < -0.39 is 0 Å². The lowest BCUT2D eigenvalue weighted by molar-refractivity contribution is -0.0761. The third-order valence-corrected chi connectivity index (χ3v) is 4.36. The van der Waals surface area contributed by atoms with Crippen LogP contribution in [0.3, 0.4) is 0 Å². The average molecular weight is 261 g/mol. The number of ether oxygens (including phenoxy) is 1. The summed E-state index contributed by atoms with van der Waals surface area (Å²) >= 11 is 0. The van der Waals surface area contributed by atoms with Crippen LogP contribution in [0.5, 0.6) is 0 Å². The van der Waals surface area contributed by atoms with Crippen LogP contribution in [0.2, 0.25) is 0 Å². The molecule has 1 fully saturated rings. The molecule has 1 atom stereocenters. The lowest BCUT2D eigenvalue weighted by atomic mass is 9.92. The van der Waals surface area contributed by atoms with Gasteiger partial charge in [-0.25, -0.2) is 9.97 Å². The minimum absolute atomic E-state index is 0.295. The zero-order chi connectivity index (χ0) is 13.3. The third-order valence-electron chi connectivity index (χ3n) is 4.36. The second-order valence-electron chi connectivity index (χ2n) is 5.81. The van der Waals surface area contributed by atoms with Gasteiger partial charge in [-0.1, -0.05) is 0 Å². The molecule has 0 aromatic carbocycles. The Balaban J connectivity index is 2.02. The largest absolute Gasteiger partial charge is 0.373 e. The van der Waals surface area contributed by atoms with Crippen molar-refractivity contribution in [3.8, 4) is 0 Å². The van der Waals surface area contributed by atoms with Gasteiger partial charge in [0.1, 0.15) is 11.4 Å². The summed E-state index contributed by atoms with van der Waals surface area (Å²) in [6.45, 7) is 2.96. The molecule has 0 amide bonds. The molecule has 0 spiro atoms. The average Bonchev–Trinajstić information content (AvgIpc) is 2.47. The van der Waals surface area contributed by atoms with Gasteiger partial charge in [0, 0.05) is 24.9 Å². The first kappa shape index (κ1) is 12.9. The molecule has 1 aliphatic carbocycles. The van der Waals surface area contributed by atoms with Gasteiger partial charge >= 0.3 is 0 Å². The van der Waals surface area contributed by atoms with Crippen LogP contribution in [-0.4, -0.2) is 23.6 Å². The molecule has 104 valence electrons. The summed E-state index contributed by atoms with van der Waals surface area (Å²) in [6.07, 6.45) is 8.04. The minimum Gasteiger partial charge on any atom is -0.373 e. The highest BCUT2D eigenvalue weighted by molar-refractivity contribution is 5.47. The van der Waals surface area contributed by atoms with E-state index in [4.69, 9.17) is 14.7 Å². The highest BCUT2D eigenvalue weighted by atomic mass is 16.5. The molecule has 4 heteroatoms. The summed E-state index contributed by atoms with van der Waals surface area (Å²) in [5.74, 6) is 1.88. The molecular formula is C15H23N3O. The van der Waals surface area contributed by atoms with Crippen LogP contribution in [0.25, 0.3) is 0 Å².